The number of hydrogen-bond acceptors (Lipinski definition) is 7. The molecule has 0 aromatic carbocycles. The summed E-state index contributed by atoms with van der Waals surface area (Å²) in [4.78, 5) is 12.7. The SMILES string of the molecule is CC1(C)CC(C#N)(Nc2nc(Cl)nc(NC3CC3)n2)CC(C)(C)N1. The van der Waals surface area contributed by atoms with Crippen LogP contribution >= 0.6 is 11.6 Å². The lowest BCUT2D eigenvalue weighted by molar-refractivity contribution is 0.143. The van der Waals surface area contributed by atoms with Crippen molar-refractivity contribution >= 4 is 23.5 Å². The molecule has 3 rings (SSSR count). The zero-order valence-corrected chi connectivity index (χ0v) is 15.3. The summed E-state index contributed by atoms with van der Waals surface area (Å²) in [5, 5.41) is 20.1. The minimum atomic E-state index is -0.764. The van der Waals surface area contributed by atoms with Crippen LogP contribution in [0, 0.1) is 11.3 Å². The number of nitrogens with one attached hydrogen (secondary N) is 3. The molecule has 1 aliphatic carbocycles. The molecule has 2 aliphatic rings. The van der Waals surface area contributed by atoms with E-state index >= 15 is 0 Å². The molecular weight excluding hydrogens is 326 g/mol. The number of aromatic nitrogens is 3. The van der Waals surface area contributed by atoms with Crippen molar-refractivity contribution in [2.75, 3.05) is 10.6 Å². The number of nitrogens with zero attached hydrogens (tertiary/aromatic N) is 4. The molecule has 7 nitrogen and oxygen atoms in total. The maximum atomic E-state index is 9.90. The molecule has 0 bridgehead atoms. The van der Waals surface area contributed by atoms with Crippen LogP contribution in [-0.2, 0) is 0 Å². The van der Waals surface area contributed by atoms with Crippen LogP contribution in [0.3, 0.4) is 0 Å². The Morgan fingerprint density at radius 2 is 1.67 bits per heavy atom. The molecular formula is C16H24ClN7. The van der Waals surface area contributed by atoms with Gasteiger partial charge < -0.3 is 16.0 Å². The first-order valence-corrected chi connectivity index (χ1v) is 8.65. The van der Waals surface area contributed by atoms with Crippen molar-refractivity contribution in [3.8, 4) is 6.07 Å². The second-order valence-corrected chi connectivity index (χ2v) is 8.57. The van der Waals surface area contributed by atoms with Crippen LogP contribution in [0.1, 0.15) is 53.4 Å². The minimum Gasteiger partial charge on any atom is -0.351 e. The van der Waals surface area contributed by atoms with Crippen molar-refractivity contribution in [3.05, 3.63) is 5.28 Å². The first kappa shape index (κ1) is 17.2. The maximum Gasteiger partial charge on any atom is 0.230 e. The van der Waals surface area contributed by atoms with Crippen molar-refractivity contribution in [2.24, 2.45) is 0 Å². The Bertz CT molecular complexity index is 659. The lowest BCUT2D eigenvalue weighted by Gasteiger charge is -2.50. The number of nitriles is 1. The van der Waals surface area contributed by atoms with E-state index in [-0.39, 0.29) is 16.4 Å². The van der Waals surface area contributed by atoms with E-state index in [0.29, 0.717) is 30.8 Å². The van der Waals surface area contributed by atoms with Crippen LogP contribution in [0.5, 0.6) is 0 Å². The van der Waals surface area contributed by atoms with Gasteiger partial charge in [-0.3, -0.25) is 0 Å². The molecule has 1 aliphatic heterocycles. The van der Waals surface area contributed by atoms with Gasteiger partial charge in [-0.05, 0) is 52.1 Å². The standard InChI is InChI=1S/C16H24ClN7/c1-14(2)7-16(9-18,8-15(3,4)24-14)23-13-21-11(17)20-12(22-13)19-10-5-6-10/h10,24H,5-8H2,1-4H3,(H2,19,20,21,22,23). The summed E-state index contributed by atoms with van der Waals surface area (Å²) >= 11 is 6.03. The zero-order valence-electron chi connectivity index (χ0n) is 14.6. The molecule has 130 valence electrons. The van der Waals surface area contributed by atoms with Gasteiger partial charge in [-0.15, -0.1) is 0 Å². The quantitative estimate of drug-likeness (QED) is 0.768. The highest BCUT2D eigenvalue weighted by molar-refractivity contribution is 6.28. The molecule has 0 spiro atoms. The van der Waals surface area contributed by atoms with Crippen molar-refractivity contribution in [1.82, 2.24) is 20.3 Å². The summed E-state index contributed by atoms with van der Waals surface area (Å²) in [5.41, 5.74) is -1.13. The van der Waals surface area contributed by atoms with E-state index in [1.54, 1.807) is 0 Å². The van der Waals surface area contributed by atoms with Crippen LogP contribution < -0.4 is 16.0 Å². The molecule has 1 aromatic rings. The van der Waals surface area contributed by atoms with Crippen LogP contribution in [0.2, 0.25) is 5.28 Å². The fraction of sp³-hybridized carbons (Fsp3) is 0.750. The van der Waals surface area contributed by atoms with Gasteiger partial charge in [-0.1, -0.05) is 0 Å². The van der Waals surface area contributed by atoms with Gasteiger partial charge in [-0.25, -0.2) is 0 Å². The molecule has 2 fully saturated rings. The number of halogens is 1. The van der Waals surface area contributed by atoms with Gasteiger partial charge in [-0.2, -0.15) is 20.2 Å². The molecule has 0 unspecified atom stereocenters. The van der Waals surface area contributed by atoms with Crippen molar-refractivity contribution in [1.29, 1.82) is 5.26 Å². The second-order valence-electron chi connectivity index (χ2n) is 8.24. The van der Waals surface area contributed by atoms with E-state index in [9.17, 15) is 5.26 Å². The Kier molecular flexibility index (Phi) is 4.09. The van der Waals surface area contributed by atoms with Gasteiger partial charge >= 0.3 is 0 Å². The Balaban J connectivity index is 1.87. The van der Waals surface area contributed by atoms with Crippen LogP contribution in [-0.4, -0.2) is 37.6 Å². The predicted molar refractivity (Wildman–Crippen MR) is 94.0 cm³/mol. The molecule has 0 amide bonds. The van der Waals surface area contributed by atoms with Gasteiger partial charge in [0, 0.05) is 30.0 Å². The Hall–Kier alpha value is -1.65. The van der Waals surface area contributed by atoms with Gasteiger partial charge in [0.1, 0.15) is 5.54 Å². The van der Waals surface area contributed by atoms with E-state index < -0.39 is 5.54 Å². The monoisotopic (exact) mass is 349 g/mol. The summed E-state index contributed by atoms with van der Waals surface area (Å²) in [6, 6.07) is 2.87. The highest BCUT2D eigenvalue weighted by atomic mass is 35.5. The molecule has 1 saturated carbocycles. The number of hydrogen-bond donors (Lipinski definition) is 3. The Morgan fingerprint density at radius 3 is 2.21 bits per heavy atom. The first-order valence-electron chi connectivity index (χ1n) is 8.27. The van der Waals surface area contributed by atoms with E-state index in [2.05, 4.69) is 64.7 Å². The van der Waals surface area contributed by atoms with Gasteiger partial charge in [0.05, 0.1) is 6.07 Å². The largest absolute Gasteiger partial charge is 0.351 e. The number of rotatable bonds is 4. The molecule has 8 heteroatoms. The summed E-state index contributed by atoms with van der Waals surface area (Å²) in [5.74, 6) is 0.800. The van der Waals surface area contributed by atoms with Crippen molar-refractivity contribution in [3.63, 3.8) is 0 Å². The number of piperidine rings is 1. The number of anilines is 2. The van der Waals surface area contributed by atoms with E-state index in [4.69, 9.17) is 11.6 Å². The van der Waals surface area contributed by atoms with Crippen molar-refractivity contribution < 1.29 is 0 Å². The van der Waals surface area contributed by atoms with E-state index in [0.717, 1.165) is 12.8 Å². The van der Waals surface area contributed by atoms with Crippen LogP contribution in [0.15, 0.2) is 0 Å². The predicted octanol–water partition coefficient (Wildman–Crippen LogP) is 2.71. The van der Waals surface area contributed by atoms with Gasteiger partial charge in [0.15, 0.2) is 0 Å². The molecule has 3 N–H and O–H groups in total. The third-order valence-electron chi connectivity index (χ3n) is 4.25. The highest BCUT2D eigenvalue weighted by Crippen LogP contribution is 2.37. The summed E-state index contributed by atoms with van der Waals surface area (Å²) in [7, 11) is 0. The zero-order chi connectivity index (χ0) is 17.6. The third-order valence-corrected chi connectivity index (χ3v) is 4.42. The lowest BCUT2D eigenvalue weighted by atomic mass is 9.71. The molecule has 24 heavy (non-hydrogen) atoms. The van der Waals surface area contributed by atoms with Crippen LogP contribution in [0.4, 0.5) is 11.9 Å². The van der Waals surface area contributed by atoms with Crippen molar-refractivity contribution in [2.45, 2.75) is 76.0 Å². The fourth-order valence-corrected chi connectivity index (χ4v) is 4.03. The fourth-order valence-electron chi connectivity index (χ4n) is 3.87. The molecule has 0 atom stereocenters. The average molecular weight is 350 g/mol. The van der Waals surface area contributed by atoms with Crippen LogP contribution in [0.25, 0.3) is 0 Å². The lowest BCUT2D eigenvalue weighted by Crippen LogP contribution is -2.65. The van der Waals surface area contributed by atoms with E-state index in [1.807, 2.05) is 0 Å². The normalized spacial score (nSPS) is 24.0. The molecule has 1 saturated heterocycles. The highest BCUT2D eigenvalue weighted by Gasteiger charge is 2.48. The first-order chi connectivity index (χ1) is 11.1. The molecule has 2 heterocycles. The molecule has 0 radical (unpaired) electrons. The average Bonchev–Trinajstić information content (AvgIpc) is 3.17. The summed E-state index contributed by atoms with van der Waals surface area (Å²) < 4.78 is 0. The maximum absolute atomic E-state index is 9.90. The van der Waals surface area contributed by atoms with Gasteiger partial charge in [0.25, 0.3) is 0 Å². The minimum absolute atomic E-state index is 0.121. The molecule has 1 aromatic heterocycles. The van der Waals surface area contributed by atoms with Gasteiger partial charge in [0.2, 0.25) is 17.2 Å². The Labute approximate surface area is 147 Å². The smallest absolute Gasteiger partial charge is 0.230 e. The second kappa shape index (κ2) is 5.71. The van der Waals surface area contributed by atoms with E-state index in [1.165, 1.54) is 0 Å². The summed E-state index contributed by atoms with van der Waals surface area (Å²) in [6.45, 7) is 8.40. The topological polar surface area (TPSA) is 98.5 Å². The summed E-state index contributed by atoms with van der Waals surface area (Å²) in [6.07, 6.45) is 3.49. The Morgan fingerprint density at radius 1 is 1.08 bits per heavy atom. The third kappa shape index (κ3) is 4.05.